The van der Waals surface area contributed by atoms with Gasteiger partial charge in [-0.2, -0.15) is 0 Å². The molecule has 1 aliphatic rings. The van der Waals surface area contributed by atoms with Gasteiger partial charge in [0.2, 0.25) is 0 Å². The van der Waals surface area contributed by atoms with Gasteiger partial charge in [0.1, 0.15) is 0 Å². The lowest BCUT2D eigenvalue weighted by Crippen LogP contribution is -2.25. The van der Waals surface area contributed by atoms with Gasteiger partial charge in [-0.1, -0.05) is 61.0 Å². The summed E-state index contributed by atoms with van der Waals surface area (Å²) in [5.41, 5.74) is 1.86. The summed E-state index contributed by atoms with van der Waals surface area (Å²) in [6, 6.07) is 0. The van der Waals surface area contributed by atoms with Crippen molar-refractivity contribution in [1.29, 1.82) is 0 Å². The van der Waals surface area contributed by atoms with Gasteiger partial charge in [0.25, 0.3) is 0 Å². The van der Waals surface area contributed by atoms with Gasteiger partial charge in [-0.15, -0.1) is 0 Å². The van der Waals surface area contributed by atoms with Crippen LogP contribution in [0.2, 0.25) is 0 Å². The van der Waals surface area contributed by atoms with E-state index in [-0.39, 0.29) is 0 Å². The summed E-state index contributed by atoms with van der Waals surface area (Å²) in [5, 5.41) is 0. The van der Waals surface area contributed by atoms with Crippen LogP contribution in [-0.4, -0.2) is 18.0 Å². The first kappa shape index (κ1) is 16.5. The van der Waals surface area contributed by atoms with Crippen LogP contribution in [0.5, 0.6) is 0 Å². The first-order chi connectivity index (χ1) is 7.90. The summed E-state index contributed by atoms with van der Waals surface area (Å²) < 4.78 is 0. The summed E-state index contributed by atoms with van der Waals surface area (Å²) in [4.78, 5) is 2.47. The smallest absolute Gasteiger partial charge is 0.0229 e. The van der Waals surface area contributed by atoms with E-state index in [9.17, 15) is 0 Å². The van der Waals surface area contributed by atoms with Crippen molar-refractivity contribution in [2.75, 3.05) is 13.1 Å². The molecule has 0 aliphatic carbocycles. The Labute approximate surface area is 109 Å². The third kappa shape index (κ3) is 5.61. The standard InChI is InChI=1S/C12H23N.C4H10/c1-6-12(5)7-8-13(9-12)11(4)10(2)3;1-3-4-2/h10H,4,6-9H2,1-3,5H3;3-4H2,1-2H3. The van der Waals surface area contributed by atoms with Crippen LogP contribution < -0.4 is 0 Å². The molecule has 0 aromatic carbocycles. The van der Waals surface area contributed by atoms with Gasteiger partial charge >= 0.3 is 0 Å². The molecular formula is C16H33N. The molecule has 102 valence electrons. The Morgan fingerprint density at radius 2 is 1.76 bits per heavy atom. The summed E-state index contributed by atoms with van der Waals surface area (Å²) in [6.07, 6.45) is 5.25. The number of hydrogen-bond donors (Lipinski definition) is 0. The van der Waals surface area contributed by atoms with E-state index in [0.29, 0.717) is 11.3 Å². The number of rotatable bonds is 4. The van der Waals surface area contributed by atoms with Crippen LogP contribution in [0.15, 0.2) is 12.3 Å². The number of likely N-dealkylation sites (tertiary alicyclic amines) is 1. The molecule has 1 heterocycles. The summed E-state index contributed by atoms with van der Waals surface area (Å²) >= 11 is 0. The molecule has 1 atom stereocenters. The summed E-state index contributed by atoms with van der Waals surface area (Å²) in [6.45, 7) is 20.1. The van der Waals surface area contributed by atoms with E-state index in [1.54, 1.807) is 0 Å². The monoisotopic (exact) mass is 239 g/mol. The van der Waals surface area contributed by atoms with Crippen LogP contribution in [0, 0.1) is 11.3 Å². The largest absolute Gasteiger partial charge is 0.375 e. The van der Waals surface area contributed by atoms with Gasteiger partial charge in [0.15, 0.2) is 0 Å². The topological polar surface area (TPSA) is 3.24 Å². The predicted molar refractivity (Wildman–Crippen MR) is 79.1 cm³/mol. The van der Waals surface area contributed by atoms with Crippen molar-refractivity contribution >= 4 is 0 Å². The van der Waals surface area contributed by atoms with Crippen molar-refractivity contribution in [3.8, 4) is 0 Å². The van der Waals surface area contributed by atoms with Crippen molar-refractivity contribution in [2.24, 2.45) is 11.3 Å². The van der Waals surface area contributed by atoms with Gasteiger partial charge in [-0.25, -0.2) is 0 Å². The van der Waals surface area contributed by atoms with E-state index in [1.807, 2.05) is 0 Å². The molecule has 1 unspecified atom stereocenters. The van der Waals surface area contributed by atoms with Gasteiger partial charge < -0.3 is 4.90 Å². The third-order valence-corrected chi connectivity index (χ3v) is 3.98. The Morgan fingerprint density at radius 1 is 1.24 bits per heavy atom. The molecule has 0 amide bonds. The van der Waals surface area contributed by atoms with Crippen molar-refractivity contribution in [1.82, 2.24) is 4.90 Å². The Bertz CT molecular complexity index is 218. The van der Waals surface area contributed by atoms with Crippen LogP contribution in [0.4, 0.5) is 0 Å². The Morgan fingerprint density at radius 3 is 2.06 bits per heavy atom. The quantitative estimate of drug-likeness (QED) is 0.661. The lowest BCUT2D eigenvalue weighted by atomic mass is 9.87. The molecule has 1 nitrogen and oxygen atoms in total. The Balaban J connectivity index is 0.000000557. The number of hydrogen-bond acceptors (Lipinski definition) is 1. The van der Waals surface area contributed by atoms with Crippen LogP contribution >= 0.6 is 0 Å². The molecule has 1 heteroatoms. The van der Waals surface area contributed by atoms with E-state index in [4.69, 9.17) is 0 Å². The molecule has 1 fully saturated rings. The third-order valence-electron chi connectivity index (χ3n) is 3.98. The second-order valence-electron chi connectivity index (χ2n) is 5.98. The van der Waals surface area contributed by atoms with Crippen molar-refractivity contribution in [2.45, 2.75) is 67.2 Å². The zero-order chi connectivity index (χ0) is 13.5. The molecule has 0 aromatic rings. The van der Waals surface area contributed by atoms with Crippen LogP contribution in [0.25, 0.3) is 0 Å². The molecule has 0 saturated carbocycles. The molecule has 0 aromatic heterocycles. The van der Waals surface area contributed by atoms with Crippen molar-refractivity contribution < 1.29 is 0 Å². The maximum absolute atomic E-state index is 4.16. The molecule has 1 rings (SSSR count). The second kappa shape index (κ2) is 7.79. The fourth-order valence-electron chi connectivity index (χ4n) is 1.92. The average molecular weight is 239 g/mol. The van der Waals surface area contributed by atoms with Crippen LogP contribution in [0.3, 0.4) is 0 Å². The number of allylic oxidation sites excluding steroid dienone is 1. The Hall–Kier alpha value is -0.460. The van der Waals surface area contributed by atoms with Gasteiger partial charge in [0.05, 0.1) is 0 Å². The lowest BCUT2D eigenvalue weighted by molar-refractivity contribution is 0.292. The van der Waals surface area contributed by atoms with E-state index >= 15 is 0 Å². The minimum absolute atomic E-state index is 0.540. The molecule has 0 spiro atoms. The fraction of sp³-hybridized carbons (Fsp3) is 0.875. The minimum atomic E-state index is 0.540. The van der Waals surface area contributed by atoms with Crippen LogP contribution in [0.1, 0.15) is 67.2 Å². The zero-order valence-electron chi connectivity index (χ0n) is 13.0. The van der Waals surface area contributed by atoms with E-state index in [1.165, 1.54) is 44.5 Å². The molecular weight excluding hydrogens is 206 g/mol. The first-order valence-corrected chi connectivity index (χ1v) is 7.33. The predicted octanol–water partition coefficient (Wildman–Crippen LogP) is 5.08. The van der Waals surface area contributed by atoms with E-state index < -0.39 is 0 Å². The van der Waals surface area contributed by atoms with Crippen molar-refractivity contribution in [3.63, 3.8) is 0 Å². The van der Waals surface area contributed by atoms with Gasteiger partial charge in [0, 0.05) is 18.8 Å². The first-order valence-electron chi connectivity index (χ1n) is 7.33. The molecule has 1 aliphatic heterocycles. The highest BCUT2D eigenvalue weighted by Crippen LogP contribution is 2.35. The highest BCUT2D eigenvalue weighted by molar-refractivity contribution is 5.02. The number of unbranched alkanes of at least 4 members (excludes halogenated alkanes) is 1. The lowest BCUT2D eigenvalue weighted by Gasteiger charge is -2.27. The highest BCUT2D eigenvalue weighted by Gasteiger charge is 2.32. The maximum Gasteiger partial charge on any atom is 0.0229 e. The zero-order valence-corrected chi connectivity index (χ0v) is 13.0. The average Bonchev–Trinajstić information content (AvgIpc) is 2.72. The van der Waals surface area contributed by atoms with E-state index in [2.05, 4.69) is 53.0 Å². The minimum Gasteiger partial charge on any atom is -0.375 e. The maximum atomic E-state index is 4.16. The molecule has 0 radical (unpaired) electrons. The number of nitrogens with zero attached hydrogens (tertiary/aromatic N) is 1. The van der Waals surface area contributed by atoms with Crippen molar-refractivity contribution in [3.05, 3.63) is 12.3 Å². The fourth-order valence-corrected chi connectivity index (χ4v) is 1.92. The molecule has 1 saturated heterocycles. The molecule has 17 heavy (non-hydrogen) atoms. The molecule has 0 N–H and O–H groups in total. The SMILES string of the molecule is C=C(C(C)C)N1CCC(C)(CC)C1.CCCC. The van der Waals surface area contributed by atoms with Gasteiger partial charge in [-0.3, -0.25) is 0 Å². The highest BCUT2D eigenvalue weighted by atomic mass is 15.2. The van der Waals surface area contributed by atoms with Crippen LogP contribution in [-0.2, 0) is 0 Å². The summed E-state index contributed by atoms with van der Waals surface area (Å²) in [7, 11) is 0. The van der Waals surface area contributed by atoms with Gasteiger partial charge in [-0.05, 0) is 24.2 Å². The normalized spacial score (nSPS) is 23.6. The molecule has 0 bridgehead atoms. The Kier molecular flexibility index (Phi) is 7.58. The van der Waals surface area contributed by atoms with E-state index in [0.717, 1.165) is 0 Å². The summed E-state index contributed by atoms with van der Waals surface area (Å²) in [5.74, 6) is 0.596. The second-order valence-corrected chi connectivity index (χ2v) is 5.98.